The van der Waals surface area contributed by atoms with Crippen LogP contribution in [0.2, 0.25) is 0 Å². The standard InChI is InChI=1S/C15H22N2OS/c18-15(10-12-6-9-19-11-12)17-8-2-1-5-14(17)13-4-3-7-16-13/h6,9,11,13-14,16H,1-5,7-8,10H2. The molecule has 1 amide bonds. The van der Waals surface area contributed by atoms with Crippen LogP contribution in [0.3, 0.4) is 0 Å². The number of carbonyl (C=O) groups excluding carboxylic acids is 1. The van der Waals surface area contributed by atoms with Crippen LogP contribution in [0.5, 0.6) is 0 Å². The molecule has 1 aromatic heterocycles. The van der Waals surface area contributed by atoms with Gasteiger partial charge >= 0.3 is 0 Å². The number of nitrogens with one attached hydrogen (secondary N) is 1. The van der Waals surface area contributed by atoms with Gasteiger partial charge in [0.1, 0.15) is 0 Å². The van der Waals surface area contributed by atoms with Gasteiger partial charge in [-0.3, -0.25) is 4.79 Å². The van der Waals surface area contributed by atoms with Crippen LogP contribution in [-0.2, 0) is 11.2 Å². The molecular weight excluding hydrogens is 256 g/mol. The first kappa shape index (κ1) is 13.1. The zero-order valence-electron chi connectivity index (χ0n) is 11.3. The molecule has 2 fully saturated rings. The van der Waals surface area contributed by atoms with Gasteiger partial charge in [-0.25, -0.2) is 0 Å². The van der Waals surface area contributed by atoms with Gasteiger partial charge in [-0.05, 0) is 61.0 Å². The zero-order chi connectivity index (χ0) is 13.1. The van der Waals surface area contributed by atoms with Crippen molar-refractivity contribution < 1.29 is 4.79 Å². The Balaban J connectivity index is 1.67. The number of likely N-dealkylation sites (tertiary alicyclic amines) is 1. The topological polar surface area (TPSA) is 32.3 Å². The fourth-order valence-electron chi connectivity index (χ4n) is 3.39. The average molecular weight is 278 g/mol. The molecular formula is C15H22N2OS. The number of thiophene rings is 1. The summed E-state index contributed by atoms with van der Waals surface area (Å²) in [6, 6.07) is 3.03. The molecule has 3 nitrogen and oxygen atoms in total. The van der Waals surface area contributed by atoms with E-state index in [1.807, 2.05) is 0 Å². The molecule has 0 aromatic carbocycles. The minimum absolute atomic E-state index is 0.316. The highest BCUT2D eigenvalue weighted by Gasteiger charge is 2.33. The number of rotatable bonds is 3. The number of hydrogen-bond donors (Lipinski definition) is 1. The van der Waals surface area contributed by atoms with E-state index in [-0.39, 0.29) is 0 Å². The highest BCUT2D eigenvalue weighted by molar-refractivity contribution is 7.07. The Hall–Kier alpha value is -0.870. The van der Waals surface area contributed by atoms with Crippen molar-refractivity contribution >= 4 is 17.2 Å². The van der Waals surface area contributed by atoms with Crippen molar-refractivity contribution in [3.05, 3.63) is 22.4 Å². The summed E-state index contributed by atoms with van der Waals surface area (Å²) in [4.78, 5) is 14.7. The van der Waals surface area contributed by atoms with E-state index in [1.165, 1.54) is 37.7 Å². The highest BCUT2D eigenvalue weighted by Crippen LogP contribution is 2.25. The van der Waals surface area contributed by atoms with Crippen molar-refractivity contribution in [1.29, 1.82) is 0 Å². The fourth-order valence-corrected chi connectivity index (χ4v) is 4.06. The molecule has 1 N–H and O–H groups in total. The van der Waals surface area contributed by atoms with Crippen LogP contribution in [0.25, 0.3) is 0 Å². The lowest BCUT2D eigenvalue weighted by molar-refractivity contribution is -0.134. The molecule has 3 heterocycles. The molecule has 0 aliphatic carbocycles. The first-order valence-corrected chi connectivity index (χ1v) is 8.33. The highest BCUT2D eigenvalue weighted by atomic mass is 32.1. The average Bonchev–Trinajstić information content (AvgIpc) is 3.11. The van der Waals surface area contributed by atoms with Gasteiger partial charge in [0.2, 0.25) is 5.91 Å². The second kappa shape index (κ2) is 6.06. The molecule has 0 spiro atoms. The number of amides is 1. The zero-order valence-corrected chi connectivity index (χ0v) is 12.1. The molecule has 3 rings (SSSR count). The van der Waals surface area contributed by atoms with E-state index in [1.54, 1.807) is 11.3 Å². The van der Waals surface area contributed by atoms with Crippen LogP contribution in [0.4, 0.5) is 0 Å². The number of carbonyl (C=O) groups is 1. The number of nitrogens with zero attached hydrogens (tertiary/aromatic N) is 1. The van der Waals surface area contributed by atoms with Crippen LogP contribution in [-0.4, -0.2) is 36.0 Å². The second-order valence-electron chi connectivity index (χ2n) is 5.66. The Kier molecular flexibility index (Phi) is 4.18. The van der Waals surface area contributed by atoms with Gasteiger partial charge in [0.15, 0.2) is 0 Å². The fraction of sp³-hybridized carbons (Fsp3) is 0.667. The lowest BCUT2D eigenvalue weighted by Gasteiger charge is -2.39. The van der Waals surface area contributed by atoms with Crippen LogP contribution in [0, 0.1) is 0 Å². The van der Waals surface area contributed by atoms with Gasteiger partial charge in [-0.15, -0.1) is 0 Å². The molecule has 2 aliphatic heterocycles. The lowest BCUT2D eigenvalue weighted by Crippen LogP contribution is -2.53. The normalized spacial score (nSPS) is 27.7. The maximum atomic E-state index is 12.5. The van der Waals surface area contributed by atoms with Crippen molar-refractivity contribution in [2.75, 3.05) is 13.1 Å². The first-order valence-electron chi connectivity index (χ1n) is 7.38. The quantitative estimate of drug-likeness (QED) is 0.921. The third-order valence-corrected chi connectivity index (χ3v) is 5.10. The summed E-state index contributed by atoms with van der Waals surface area (Å²) in [7, 11) is 0. The molecule has 2 saturated heterocycles. The summed E-state index contributed by atoms with van der Waals surface area (Å²) in [5, 5.41) is 7.72. The summed E-state index contributed by atoms with van der Waals surface area (Å²) >= 11 is 1.67. The minimum atomic E-state index is 0.316. The third-order valence-electron chi connectivity index (χ3n) is 4.37. The largest absolute Gasteiger partial charge is 0.338 e. The summed E-state index contributed by atoms with van der Waals surface area (Å²) in [6.45, 7) is 2.07. The molecule has 19 heavy (non-hydrogen) atoms. The Labute approximate surface area is 119 Å². The van der Waals surface area contributed by atoms with Gasteiger partial charge in [-0.1, -0.05) is 0 Å². The van der Waals surface area contributed by atoms with E-state index in [2.05, 4.69) is 27.0 Å². The van der Waals surface area contributed by atoms with Crippen molar-refractivity contribution in [1.82, 2.24) is 10.2 Å². The number of piperidine rings is 1. The van der Waals surface area contributed by atoms with Crippen LogP contribution in [0.15, 0.2) is 16.8 Å². The van der Waals surface area contributed by atoms with E-state index >= 15 is 0 Å². The van der Waals surface area contributed by atoms with Crippen molar-refractivity contribution in [2.45, 2.75) is 50.6 Å². The lowest BCUT2D eigenvalue weighted by atomic mass is 9.94. The maximum absolute atomic E-state index is 12.5. The molecule has 2 atom stereocenters. The van der Waals surface area contributed by atoms with E-state index < -0.39 is 0 Å². The van der Waals surface area contributed by atoms with Gasteiger partial charge in [0.25, 0.3) is 0 Å². The molecule has 0 radical (unpaired) electrons. The minimum Gasteiger partial charge on any atom is -0.338 e. The van der Waals surface area contributed by atoms with Crippen LogP contribution >= 0.6 is 11.3 Å². The smallest absolute Gasteiger partial charge is 0.227 e. The monoisotopic (exact) mass is 278 g/mol. The molecule has 104 valence electrons. The molecule has 0 bridgehead atoms. The van der Waals surface area contributed by atoms with Gasteiger partial charge in [0.05, 0.1) is 6.42 Å². The maximum Gasteiger partial charge on any atom is 0.227 e. The van der Waals surface area contributed by atoms with E-state index in [0.29, 0.717) is 24.4 Å². The Morgan fingerprint density at radius 3 is 3.05 bits per heavy atom. The summed E-state index contributed by atoms with van der Waals surface area (Å²) < 4.78 is 0. The Morgan fingerprint density at radius 2 is 2.32 bits per heavy atom. The Bertz CT molecular complexity index is 412. The van der Waals surface area contributed by atoms with E-state index in [4.69, 9.17) is 0 Å². The molecule has 4 heteroatoms. The number of hydrogen-bond acceptors (Lipinski definition) is 3. The van der Waals surface area contributed by atoms with Gasteiger partial charge < -0.3 is 10.2 Å². The summed E-state index contributed by atoms with van der Waals surface area (Å²) in [5.41, 5.74) is 1.17. The van der Waals surface area contributed by atoms with Crippen molar-refractivity contribution in [2.24, 2.45) is 0 Å². The van der Waals surface area contributed by atoms with Crippen molar-refractivity contribution in [3.8, 4) is 0 Å². The molecule has 2 unspecified atom stereocenters. The third kappa shape index (κ3) is 3.00. The summed E-state index contributed by atoms with van der Waals surface area (Å²) in [5.74, 6) is 0.316. The molecule has 1 aromatic rings. The summed E-state index contributed by atoms with van der Waals surface area (Å²) in [6.07, 6.45) is 6.67. The second-order valence-corrected chi connectivity index (χ2v) is 6.44. The SMILES string of the molecule is O=C(Cc1ccsc1)N1CCCCC1C1CCCN1. The molecule has 2 aliphatic rings. The van der Waals surface area contributed by atoms with Gasteiger partial charge in [0, 0.05) is 18.6 Å². The van der Waals surface area contributed by atoms with E-state index in [9.17, 15) is 4.79 Å². The predicted molar refractivity (Wildman–Crippen MR) is 78.4 cm³/mol. The first-order chi connectivity index (χ1) is 9.34. The predicted octanol–water partition coefficient (Wildman–Crippen LogP) is 2.42. The molecule has 0 saturated carbocycles. The van der Waals surface area contributed by atoms with Crippen molar-refractivity contribution in [3.63, 3.8) is 0 Å². The van der Waals surface area contributed by atoms with Gasteiger partial charge in [-0.2, -0.15) is 11.3 Å². The Morgan fingerprint density at radius 1 is 1.37 bits per heavy atom. The van der Waals surface area contributed by atoms with E-state index in [0.717, 1.165) is 13.1 Å². The van der Waals surface area contributed by atoms with Crippen LogP contribution < -0.4 is 5.32 Å². The van der Waals surface area contributed by atoms with Crippen LogP contribution in [0.1, 0.15) is 37.7 Å².